The fourth-order valence-electron chi connectivity index (χ4n) is 0.900. The molecule has 2 saturated heterocycles. The molecule has 2 atom stereocenters. The molecular weight excluding hydrogens is 100 g/mol. The summed E-state index contributed by atoms with van der Waals surface area (Å²) in [4.78, 5) is 2.47. The zero-order valence-corrected chi connectivity index (χ0v) is 5.65. The second kappa shape index (κ2) is 2.46. The second-order valence-corrected chi connectivity index (χ2v) is 2.44. The van der Waals surface area contributed by atoms with Crippen LogP contribution in [0.4, 0.5) is 0 Å². The van der Waals surface area contributed by atoms with Crippen molar-refractivity contribution in [2.45, 2.75) is 12.5 Å². The van der Waals surface area contributed by atoms with Crippen molar-refractivity contribution in [3.05, 3.63) is 0 Å². The Morgan fingerprint density at radius 1 is 1.50 bits per heavy atom. The largest absolute Gasteiger partial charge is 0.323 e. The van der Waals surface area contributed by atoms with Gasteiger partial charge in [0.15, 0.2) is 0 Å². The summed E-state index contributed by atoms with van der Waals surface area (Å²) in [6.45, 7) is 2.81. The summed E-state index contributed by atoms with van der Waals surface area (Å²) in [6, 6.07) is 1.06. The number of nitrogens with zero attached hydrogens (tertiary/aromatic N) is 1. The van der Waals surface area contributed by atoms with Gasteiger partial charge < -0.3 is 5.32 Å². The monoisotopic (exact) mass is 114 g/mol. The lowest BCUT2D eigenvalue weighted by Crippen LogP contribution is -2.16. The molecule has 0 saturated carbocycles. The van der Waals surface area contributed by atoms with Crippen molar-refractivity contribution in [1.82, 2.24) is 10.2 Å². The number of hydrogen-bond donors (Lipinski definition) is 1. The Bertz CT molecular complexity index is 60.9. The summed E-state index contributed by atoms with van der Waals surface area (Å²) in [5.41, 5.74) is 0. The first kappa shape index (κ1) is 6.05. The number of fused-ring (bicyclic) bond motifs is 1. The van der Waals surface area contributed by atoms with Gasteiger partial charge in [-0.05, 0) is 20.5 Å². The van der Waals surface area contributed by atoms with E-state index in [4.69, 9.17) is 0 Å². The zero-order chi connectivity index (χ0) is 5.98. The molecule has 0 aromatic rings. The van der Waals surface area contributed by atoms with Gasteiger partial charge in [-0.2, -0.15) is 0 Å². The average Bonchev–Trinajstić information content (AvgIpc) is 2.16. The number of nitrogens with one attached hydrogen (secondary N) is 1. The van der Waals surface area contributed by atoms with Crippen LogP contribution >= 0.6 is 0 Å². The Balaban J connectivity index is 0.0000000960. The highest BCUT2D eigenvalue weighted by molar-refractivity contribution is 4.98. The van der Waals surface area contributed by atoms with E-state index in [1.807, 2.05) is 14.1 Å². The third-order valence-corrected chi connectivity index (χ3v) is 1.58. The van der Waals surface area contributed by atoms with Crippen molar-refractivity contribution in [3.63, 3.8) is 0 Å². The van der Waals surface area contributed by atoms with Gasteiger partial charge in [-0.3, -0.25) is 4.90 Å². The van der Waals surface area contributed by atoms with E-state index < -0.39 is 0 Å². The third kappa shape index (κ3) is 1.20. The van der Waals surface area contributed by atoms with Gasteiger partial charge in [0, 0.05) is 19.1 Å². The van der Waals surface area contributed by atoms with Crippen LogP contribution in [0.15, 0.2) is 0 Å². The maximum atomic E-state index is 2.75. The Morgan fingerprint density at radius 3 is 2.00 bits per heavy atom. The van der Waals surface area contributed by atoms with Crippen molar-refractivity contribution < 1.29 is 0 Å². The molecule has 2 nitrogen and oxygen atoms in total. The minimum atomic E-state index is 1.06. The van der Waals surface area contributed by atoms with Crippen molar-refractivity contribution in [1.29, 1.82) is 0 Å². The van der Waals surface area contributed by atoms with Crippen molar-refractivity contribution in [2.75, 3.05) is 27.2 Å². The van der Waals surface area contributed by atoms with Crippen LogP contribution in [0.2, 0.25) is 0 Å². The lowest BCUT2D eigenvalue weighted by atomic mass is 10.3. The van der Waals surface area contributed by atoms with Crippen LogP contribution in [0.3, 0.4) is 0 Å². The smallest absolute Gasteiger partial charge is 0.0236 e. The Hall–Kier alpha value is -0.0800. The minimum Gasteiger partial charge on any atom is -0.323 e. The van der Waals surface area contributed by atoms with Crippen LogP contribution in [-0.4, -0.2) is 38.1 Å². The van der Waals surface area contributed by atoms with Gasteiger partial charge in [0.1, 0.15) is 0 Å². The topological polar surface area (TPSA) is 15.0 Å². The normalized spacial score (nSPS) is 38.2. The maximum absolute atomic E-state index is 2.75. The number of hydrogen-bond acceptors (Lipinski definition) is 2. The van der Waals surface area contributed by atoms with Crippen LogP contribution in [0.1, 0.15) is 6.42 Å². The molecule has 2 aliphatic rings. The Labute approximate surface area is 50.9 Å². The molecule has 2 rings (SSSR count). The molecule has 0 aromatic carbocycles. The van der Waals surface area contributed by atoms with Gasteiger partial charge in [0.05, 0.1) is 0 Å². The van der Waals surface area contributed by atoms with Gasteiger partial charge in [-0.25, -0.2) is 0 Å². The van der Waals surface area contributed by atoms with E-state index in [-0.39, 0.29) is 0 Å². The van der Waals surface area contributed by atoms with Crippen LogP contribution in [0.5, 0.6) is 0 Å². The highest BCUT2D eigenvalue weighted by atomic mass is 15.4. The highest BCUT2D eigenvalue weighted by Gasteiger charge is 2.41. The van der Waals surface area contributed by atoms with E-state index in [0.717, 1.165) is 6.04 Å². The van der Waals surface area contributed by atoms with E-state index in [9.17, 15) is 0 Å². The van der Waals surface area contributed by atoms with Crippen LogP contribution in [0, 0.1) is 0 Å². The first-order valence-corrected chi connectivity index (χ1v) is 3.21. The van der Waals surface area contributed by atoms with E-state index in [1.54, 1.807) is 0 Å². The van der Waals surface area contributed by atoms with Crippen LogP contribution in [-0.2, 0) is 0 Å². The van der Waals surface area contributed by atoms with Crippen molar-refractivity contribution in [2.24, 2.45) is 0 Å². The summed E-state index contributed by atoms with van der Waals surface area (Å²) >= 11 is 0. The fourth-order valence-corrected chi connectivity index (χ4v) is 0.900. The molecule has 2 fully saturated rings. The molecule has 2 unspecified atom stereocenters. The molecule has 2 heteroatoms. The molecule has 0 spiro atoms. The van der Waals surface area contributed by atoms with Crippen LogP contribution < -0.4 is 5.32 Å². The molecule has 8 heavy (non-hydrogen) atoms. The quantitative estimate of drug-likeness (QED) is 0.443. The Kier molecular flexibility index (Phi) is 1.86. The van der Waals surface area contributed by atoms with E-state index in [2.05, 4.69) is 10.2 Å². The number of rotatable bonds is 0. The summed E-state index contributed by atoms with van der Waals surface area (Å²) < 4.78 is 0. The third-order valence-electron chi connectivity index (χ3n) is 1.58. The second-order valence-electron chi connectivity index (χ2n) is 2.44. The molecule has 0 radical (unpaired) electrons. The highest BCUT2D eigenvalue weighted by Crippen LogP contribution is 2.30. The molecular formula is C6H14N2. The molecule has 0 aromatic heterocycles. The minimum absolute atomic E-state index is 1.06. The molecule has 0 amide bonds. The average molecular weight is 114 g/mol. The summed E-state index contributed by atoms with van der Waals surface area (Å²) in [5.74, 6) is 0. The van der Waals surface area contributed by atoms with Gasteiger partial charge in [0.25, 0.3) is 0 Å². The predicted molar refractivity (Wildman–Crippen MR) is 35.0 cm³/mol. The standard InChI is InChI=1S/C4H7N.C2H7N/c1-2-5-3-4(1)5;1-3-2/h4H,1-3H2;3H,1-2H3. The molecule has 2 heterocycles. The maximum Gasteiger partial charge on any atom is 0.0236 e. The lowest BCUT2D eigenvalue weighted by Gasteiger charge is -2.08. The molecule has 48 valence electrons. The predicted octanol–water partition coefficient (Wildman–Crippen LogP) is -0.0901. The molecule has 0 aliphatic carbocycles. The van der Waals surface area contributed by atoms with E-state index in [1.165, 1.54) is 19.5 Å². The fraction of sp³-hybridized carbons (Fsp3) is 1.00. The van der Waals surface area contributed by atoms with Gasteiger partial charge >= 0.3 is 0 Å². The molecule has 2 aliphatic heterocycles. The van der Waals surface area contributed by atoms with Crippen molar-refractivity contribution in [3.8, 4) is 0 Å². The van der Waals surface area contributed by atoms with Gasteiger partial charge in [0.2, 0.25) is 0 Å². The van der Waals surface area contributed by atoms with Crippen molar-refractivity contribution >= 4 is 0 Å². The Morgan fingerprint density at radius 2 is 2.00 bits per heavy atom. The summed E-state index contributed by atoms with van der Waals surface area (Å²) in [7, 11) is 3.75. The molecule has 1 N–H and O–H groups in total. The van der Waals surface area contributed by atoms with Gasteiger partial charge in [-0.1, -0.05) is 0 Å². The van der Waals surface area contributed by atoms with E-state index >= 15 is 0 Å². The SMILES string of the molecule is C1CN2CC12.CNC. The lowest BCUT2D eigenvalue weighted by molar-refractivity contribution is 0.382. The first-order valence-electron chi connectivity index (χ1n) is 3.21. The summed E-state index contributed by atoms with van der Waals surface area (Å²) in [6.07, 6.45) is 1.49. The van der Waals surface area contributed by atoms with Crippen LogP contribution in [0.25, 0.3) is 0 Å². The van der Waals surface area contributed by atoms with E-state index in [0.29, 0.717) is 0 Å². The van der Waals surface area contributed by atoms with Gasteiger partial charge in [-0.15, -0.1) is 0 Å². The molecule has 0 bridgehead atoms. The first-order chi connectivity index (χ1) is 3.88. The summed E-state index contributed by atoms with van der Waals surface area (Å²) in [5, 5.41) is 2.75. The zero-order valence-electron chi connectivity index (χ0n) is 5.65.